The molecular weight excluding hydrogens is 376 g/mol. The minimum atomic E-state index is -1.21. The first-order chi connectivity index (χ1) is 13.4. The number of carbonyl (C=O) groups is 2. The summed E-state index contributed by atoms with van der Waals surface area (Å²) in [5.41, 5.74) is 1.22. The highest BCUT2D eigenvalue weighted by molar-refractivity contribution is 6.30. The third kappa shape index (κ3) is 2.86. The topological polar surface area (TPSA) is 86.1 Å². The van der Waals surface area contributed by atoms with E-state index in [1.165, 1.54) is 0 Å². The maximum atomic E-state index is 13.1. The van der Waals surface area contributed by atoms with Gasteiger partial charge in [-0.25, -0.2) is 9.78 Å². The van der Waals surface area contributed by atoms with E-state index in [4.69, 9.17) is 16.9 Å². The van der Waals surface area contributed by atoms with E-state index < -0.39 is 11.6 Å². The van der Waals surface area contributed by atoms with E-state index in [1.54, 1.807) is 31.2 Å². The summed E-state index contributed by atoms with van der Waals surface area (Å²) >= 11 is 6.29. The van der Waals surface area contributed by atoms with Gasteiger partial charge in [-0.05, 0) is 36.8 Å². The van der Waals surface area contributed by atoms with Crippen LogP contribution in [0.3, 0.4) is 0 Å². The number of nitriles is 1. The number of rotatable bonds is 3. The SMILES string of the molecule is C[C@]1(c2ccc(C#N)cc2)NC(=O)N(Cc2cc3ccccc3nc2Cl)C1=O. The molecule has 1 aromatic heterocycles. The quantitative estimate of drug-likeness (QED) is 0.545. The molecule has 0 spiro atoms. The summed E-state index contributed by atoms with van der Waals surface area (Å²) in [6.45, 7) is 1.67. The zero-order valence-electron chi connectivity index (χ0n) is 14.9. The average Bonchev–Trinajstić information content (AvgIpc) is 2.92. The molecule has 0 unspecified atom stereocenters. The molecule has 0 saturated carbocycles. The van der Waals surface area contributed by atoms with Gasteiger partial charge in [0.15, 0.2) is 0 Å². The molecule has 3 amide bonds. The Morgan fingerprint density at radius 1 is 1.18 bits per heavy atom. The first-order valence-corrected chi connectivity index (χ1v) is 8.99. The van der Waals surface area contributed by atoms with Crippen LogP contribution in [0, 0.1) is 11.3 Å². The fraction of sp³-hybridized carbons (Fsp3) is 0.143. The van der Waals surface area contributed by atoms with Gasteiger partial charge in [0.25, 0.3) is 5.91 Å². The molecule has 1 aliphatic rings. The lowest BCUT2D eigenvalue weighted by Crippen LogP contribution is -2.40. The maximum Gasteiger partial charge on any atom is 0.325 e. The second kappa shape index (κ2) is 6.63. The van der Waals surface area contributed by atoms with Crippen LogP contribution in [0.2, 0.25) is 5.15 Å². The summed E-state index contributed by atoms with van der Waals surface area (Å²) in [5, 5.41) is 12.8. The Bertz CT molecular complexity index is 1150. The van der Waals surface area contributed by atoms with Crippen LogP contribution in [0.25, 0.3) is 10.9 Å². The van der Waals surface area contributed by atoms with Gasteiger partial charge in [0.1, 0.15) is 10.7 Å². The molecule has 1 atom stereocenters. The molecule has 2 aromatic carbocycles. The number of aromatic nitrogens is 1. The Balaban J connectivity index is 1.66. The number of carbonyl (C=O) groups excluding carboxylic acids is 2. The van der Waals surface area contributed by atoms with Gasteiger partial charge < -0.3 is 5.32 Å². The van der Waals surface area contributed by atoms with E-state index in [0.717, 1.165) is 15.8 Å². The van der Waals surface area contributed by atoms with Crippen LogP contribution >= 0.6 is 11.6 Å². The van der Waals surface area contributed by atoms with Crippen molar-refractivity contribution in [1.82, 2.24) is 15.2 Å². The Morgan fingerprint density at radius 2 is 1.89 bits per heavy atom. The van der Waals surface area contributed by atoms with Gasteiger partial charge >= 0.3 is 6.03 Å². The minimum absolute atomic E-state index is 0.0210. The summed E-state index contributed by atoms with van der Waals surface area (Å²) in [5.74, 6) is -0.383. The molecule has 6 nitrogen and oxygen atoms in total. The lowest BCUT2D eigenvalue weighted by Gasteiger charge is -2.22. The van der Waals surface area contributed by atoms with Gasteiger partial charge in [0.2, 0.25) is 0 Å². The van der Waals surface area contributed by atoms with Crippen molar-refractivity contribution in [3.05, 3.63) is 76.4 Å². The van der Waals surface area contributed by atoms with Crippen molar-refractivity contribution < 1.29 is 9.59 Å². The van der Waals surface area contributed by atoms with Crippen LogP contribution in [-0.4, -0.2) is 21.8 Å². The third-order valence-electron chi connectivity index (χ3n) is 4.94. The van der Waals surface area contributed by atoms with E-state index in [0.29, 0.717) is 16.7 Å². The number of para-hydroxylation sites is 1. The Hall–Kier alpha value is -3.43. The van der Waals surface area contributed by atoms with Gasteiger partial charge in [0.05, 0.1) is 23.7 Å². The first-order valence-electron chi connectivity index (χ1n) is 8.61. The Kier molecular flexibility index (Phi) is 4.25. The number of nitrogens with one attached hydrogen (secondary N) is 1. The lowest BCUT2D eigenvalue weighted by atomic mass is 9.91. The highest BCUT2D eigenvalue weighted by Crippen LogP contribution is 2.31. The molecule has 0 bridgehead atoms. The normalized spacial score (nSPS) is 19.0. The zero-order valence-corrected chi connectivity index (χ0v) is 15.7. The monoisotopic (exact) mass is 390 g/mol. The van der Waals surface area contributed by atoms with E-state index in [-0.39, 0.29) is 17.6 Å². The molecule has 1 aliphatic heterocycles. The molecule has 0 radical (unpaired) electrons. The third-order valence-corrected chi connectivity index (χ3v) is 5.27. The summed E-state index contributed by atoms with van der Waals surface area (Å²) in [6, 6.07) is 17.4. The fourth-order valence-electron chi connectivity index (χ4n) is 3.33. The van der Waals surface area contributed by atoms with Crippen LogP contribution in [0.5, 0.6) is 0 Å². The molecule has 2 heterocycles. The molecule has 28 heavy (non-hydrogen) atoms. The smallest absolute Gasteiger partial charge is 0.319 e. The number of nitrogens with zero attached hydrogens (tertiary/aromatic N) is 3. The first kappa shape index (κ1) is 18.0. The molecule has 1 fully saturated rings. The molecule has 1 N–H and O–H groups in total. The van der Waals surface area contributed by atoms with Crippen molar-refractivity contribution in [3.8, 4) is 6.07 Å². The van der Waals surface area contributed by atoms with E-state index in [9.17, 15) is 9.59 Å². The molecule has 138 valence electrons. The number of benzene rings is 2. The van der Waals surface area contributed by atoms with Crippen molar-refractivity contribution in [2.45, 2.75) is 19.0 Å². The number of halogens is 1. The molecule has 7 heteroatoms. The molecule has 4 rings (SSSR count). The molecule has 0 aliphatic carbocycles. The highest BCUT2D eigenvalue weighted by atomic mass is 35.5. The molecular formula is C21H15ClN4O2. The van der Waals surface area contributed by atoms with Crippen molar-refractivity contribution in [1.29, 1.82) is 5.26 Å². The molecule has 3 aromatic rings. The van der Waals surface area contributed by atoms with Gasteiger partial charge in [-0.1, -0.05) is 41.9 Å². The van der Waals surface area contributed by atoms with Crippen molar-refractivity contribution in [3.63, 3.8) is 0 Å². The Labute approximate surface area is 166 Å². The van der Waals surface area contributed by atoms with Crippen LogP contribution in [0.4, 0.5) is 4.79 Å². The summed E-state index contributed by atoms with van der Waals surface area (Å²) in [4.78, 5) is 31.1. The number of imide groups is 1. The largest absolute Gasteiger partial charge is 0.325 e. The predicted octanol–water partition coefficient (Wildman–Crippen LogP) is 3.73. The van der Waals surface area contributed by atoms with Crippen molar-refractivity contribution >= 4 is 34.4 Å². The van der Waals surface area contributed by atoms with E-state index in [2.05, 4.69) is 10.3 Å². The second-order valence-electron chi connectivity index (χ2n) is 6.77. The van der Waals surface area contributed by atoms with Crippen molar-refractivity contribution in [2.75, 3.05) is 0 Å². The number of pyridine rings is 1. The summed E-state index contributed by atoms with van der Waals surface area (Å²) < 4.78 is 0. The van der Waals surface area contributed by atoms with Gasteiger partial charge in [-0.2, -0.15) is 5.26 Å². The zero-order chi connectivity index (χ0) is 19.9. The second-order valence-corrected chi connectivity index (χ2v) is 7.12. The summed E-state index contributed by atoms with van der Waals surface area (Å²) in [7, 11) is 0. The van der Waals surface area contributed by atoms with Crippen LogP contribution in [-0.2, 0) is 16.9 Å². The van der Waals surface area contributed by atoms with Crippen molar-refractivity contribution in [2.24, 2.45) is 0 Å². The maximum absolute atomic E-state index is 13.1. The number of hydrogen-bond acceptors (Lipinski definition) is 4. The number of fused-ring (bicyclic) bond motifs is 1. The van der Waals surface area contributed by atoms with Crippen LogP contribution < -0.4 is 5.32 Å². The van der Waals surface area contributed by atoms with Gasteiger partial charge in [-0.3, -0.25) is 9.69 Å². The fourth-order valence-corrected chi connectivity index (χ4v) is 3.54. The standard InChI is InChI=1S/C21H15ClN4O2/c1-21(16-8-6-13(11-23)7-9-16)19(27)26(20(28)25-21)12-15-10-14-4-2-3-5-17(14)24-18(15)22/h2-10H,12H2,1H3,(H,25,28)/t21-/m1/s1. The number of amides is 3. The molecule has 1 saturated heterocycles. The van der Waals surface area contributed by atoms with E-state index in [1.807, 2.05) is 36.4 Å². The van der Waals surface area contributed by atoms with Gasteiger partial charge in [-0.15, -0.1) is 0 Å². The predicted molar refractivity (Wildman–Crippen MR) is 104 cm³/mol. The number of hydrogen-bond donors (Lipinski definition) is 1. The lowest BCUT2D eigenvalue weighted by molar-refractivity contribution is -0.131. The van der Waals surface area contributed by atoms with E-state index >= 15 is 0 Å². The van der Waals surface area contributed by atoms with Crippen LogP contribution in [0.15, 0.2) is 54.6 Å². The van der Waals surface area contributed by atoms with Gasteiger partial charge in [0, 0.05) is 10.9 Å². The number of urea groups is 1. The summed E-state index contributed by atoms with van der Waals surface area (Å²) in [6.07, 6.45) is 0. The van der Waals surface area contributed by atoms with Crippen LogP contribution in [0.1, 0.15) is 23.6 Å². The average molecular weight is 391 g/mol. The highest BCUT2D eigenvalue weighted by Gasteiger charge is 2.49. The Morgan fingerprint density at radius 3 is 2.61 bits per heavy atom. The minimum Gasteiger partial charge on any atom is -0.319 e.